The topological polar surface area (TPSA) is 123 Å². The van der Waals surface area contributed by atoms with Gasteiger partial charge in [0.1, 0.15) is 11.5 Å². The molecule has 32 heavy (non-hydrogen) atoms. The summed E-state index contributed by atoms with van der Waals surface area (Å²) in [6, 6.07) is 14.0. The van der Waals surface area contributed by atoms with Crippen LogP contribution in [0.25, 0.3) is 22.8 Å². The molecule has 0 aliphatic heterocycles. The third-order valence-corrected chi connectivity index (χ3v) is 4.50. The minimum atomic E-state index is -0.223. The zero-order chi connectivity index (χ0) is 22.3. The number of aromatic nitrogens is 4. The van der Waals surface area contributed by atoms with Gasteiger partial charge in [-0.3, -0.25) is 4.79 Å². The molecule has 0 aliphatic carbocycles. The van der Waals surface area contributed by atoms with Crippen molar-refractivity contribution in [2.75, 3.05) is 11.9 Å². The highest BCUT2D eigenvalue weighted by Gasteiger charge is 2.12. The third kappa shape index (κ3) is 5.25. The van der Waals surface area contributed by atoms with Crippen molar-refractivity contribution in [3.8, 4) is 34.3 Å². The third-order valence-electron chi connectivity index (χ3n) is 4.50. The molecule has 1 amide bonds. The second kappa shape index (κ2) is 9.69. The predicted octanol–water partition coefficient (Wildman–Crippen LogP) is 3.87. The van der Waals surface area contributed by atoms with Gasteiger partial charge in [0.2, 0.25) is 17.6 Å². The van der Waals surface area contributed by atoms with E-state index in [1.54, 1.807) is 24.3 Å². The average molecular weight is 431 g/mol. The lowest BCUT2D eigenvalue weighted by atomic mass is 10.2. The molecule has 0 radical (unpaired) electrons. The fourth-order valence-electron chi connectivity index (χ4n) is 2.97. The number of amides is 1. The van der Waals surface area contributed by atoms with Gasteiger partial charge in [-0.2, -0.15) is 4.98 Å². The van der Waals surface area contributed by atoms with Crippen LogP contribution in [0.3, 0.4) is 0 Å². The van der Waals surface area contributed by atoms with E-state index >= 15 is 0 Å². The van der Waals surface area contributed by atoms with Crippen LogP contribution < -0.4 is 10.1 Å². The van der Waals surface area contributed by atoms with Crippen LogP contribution in [-0.4, -0.2) is 37.7 Å². The van der Waals surface area contributed by atoms with Gasteiger partial charge in [0.05, 0.1) is 24.7 Å². The number of phenolic OH excluding ortho intramolecular Hbond substituents is 1. The quantitative estimate of drug-likeness (QED) is 0.431. The van der Waals surface area contributed by atoms with Crippen molar-refractivity contribution in [3.05, 3.63) is 66.8 Å². The van der Waals surface area contributed by atoms with Crippen molar-refractivity contribution >= 4 is 11.6 Å². The fraction of sp³-hybridized carbons (Fsp3) is 0.174. The monoisotopic (exact) mass is 431 g/mol. The van der Waals surface area contributed by atoms with Crippen LogP contribution in [0, 0.1) is 0 Å². The van der Waals surface area contributed by atoms with Crippen LogP contribution in [0.5, 0.6) is 11.5 Å². The van der Waals surface area contributed by atoms with Crippen LogP contribution in [0.1, 0.15) is 19.2 Å². The summed E-state index contributed by atoms with van der Waals surface area (Å²) in [4.78, 5) is 25.1. The number of carbonyl (C=O) groups is 1. The van der Waals surface area contributed by atoms with E-state index < -0.39 is 0 Å². The Hall–Kier alpha value is -4.27. The van der Waals surface area contributed by atoms with E-state index in [1.165, 1.54) is 12.4 Å². The van der Waals surface area contributed by atoms with E-state index in [0.29, 0.717) is 41.8 Å². The Morgan fingerprint density at radius 2 is 1.84 bits per heavy atom. The maximum atomic E-state index is 12.3. The van der Waals surface area contributed by atoms with E-state index in [4.69, 9.17) is 9.26 Å². The zero-order valence-corrected chi connectivity index (χ0v) is 17.4. The minimum absolute atomic E-state index is 0.134. The van der Waals surface area contributed by atoms with Gasteiger partial charge < -0.3 is 19.7 Å². The first-order valence-electron chi connectivity index (χ1n) is 10.1. The first-order valence-corrected chi connectivity index (χ1v) is 10.1. The van der Waals surface area contributed by atoms with E-state index in [9.17, 15) is 9.90 Å². The minimum Gasteiger partial charge on any atom is -0.508 e. The highest BCUT2D eigenvalue weighted by molar-refractivity contribution is 5.90. The Kier molecular flexibility index (Phi) is 6.35. The summed E-state index contributed by atoms with van der Waals surface area (Å²) in [5.74, 6) is 1.97. The standard InChI is InChI=1S/C23H21N5O4/c1-2-31-19-8-6-15(7-9-19)23-27-21(32-28-23)11-10-20(30)26-17-13-24-22(25-14-17)16-4-3-5-18(29)12-16/h3-9,12-14,29H,2,10-11H2,1H3,(H,26,30). The number of ether oxygens (including phenoxy) is 1. The SMILES string of the molecule is CCOc1ccc(-c2noc(CCC(=O)Nc3cnc(-c4cccc(O)c4)nc3)n2)cc1. The molecular formula is C23H21N5O4. The number of nitrogens with one attached hydrogen (secondary N) is 1. The molecule has 2 N–H and O–H groups in total. The second-order valence-corrected chi connectivity index (χ2v) is 6.86. The van der Waals surface area contributed by atoms with Gasteiger partial charge in [-0.1, -0.05) is 17.3 Å². The molecule has 0 saturated heterocycles. The summed E-state index contributed by atoms with van der Waals surface area (Å²) < 4.78 is 10.7. The van der Waals surface area contributed by atoms with E-state index in [2.05, 4.69) is 25.4 Å². The Bertz CT molecular complexity index is 1190. The Labute approximate surface area is 184 Å². The van der Waals surface area contributed by atoms with Gasteiger partial charge in [0, 0.05) is 24.0 Å². The number of carbonyl (C=O) groups excluding carboxylic acids is 1. The lowest BCUT2D eigenvalue weighted by Gasteiger charge is -2.05. The van der Waals surface area contributed by atoms with Gasteiger partial charge in [-0.25, -0.2) is 9.97 Å². The lowest BCUT2D eigenvalue weighted by Crippen LogP contribution is -2.13. The first kappa shape index (κ1) is 21.0. The second-order valence-electron chi connectivity index (χ2n) is 6.86. The van der Waals surface area contributed by atoms with Crippen molar-refractivity contribution in [1.29, 1.82) is 0 Å². The number of phenols is 1. The lowest BCUT2D eigenvalue weighted by molar-refractivity contribution is -0.116. The molecule has 2 aromatic heterocycles. The van der Waals surface area contributed by atoms with Crippen LogP contribution in [0.2, 0.25) is 0 Å². The molecule has 0 spiro atoms. The molecule has 0 atom stereocenters. The van der Waals surface area contributed by atoms with E-state index in [-0.39, 0.29) is 18.1 Å². The number of nitrogens with zero attached hydrogens (tertiary/aromatic N) is 4. The number of hydrogen-bond acceptors (Lipinski definition) is 8. The predicted molar refractivity (Wildman–Crippen MR) is 117 cm³/mol. The number of rotatable bonds is 8. The molecule has 9 heteroatoms. The molecule has 0 saturated carbocycles. The molecule has 0 bridgehead atoms. The number of aryl methyl sites for hydroxylation is 1. The Morgan fingerprint density at radius 3 is 2.56 bits per heavy atom. The van der Waals surface area contributed by atoms with Crippen LogP contribution in [-0.2, 0) is 11.2 Å². The summed E-state index contributed by atoms with van der Waals surface area (Å²) in [6.07, 6.45) is 3.50. The maximum Gasteiger partial charge on any atom is 0.227 e. The van der Waals surface area contributed by atoms with Gasteiger partial charge in [-0.15, -0.1) is 0 Å². The van der Waals surface area contributed by atoms with Gasteiger partial charge >= 0.3 is 0 Å². The molecule has 0 fully saturated rings. The van der Waals surface area contributed by atoms with Crippen molar-refractivity contribution in [2.24, 2.45) is 0 Å². The van der Waals surface area contributed by atoms with Crippen molar-refractivity contribution in [1.82, 2.24) is 20.1 Å². The molecule has 2 aromatic carbocycles. The van der Waals surface area contributed by atoms with Crippen LogP contribution in [0.15, 0.2) is 65.4 Å². The summed E-state index contributed by atoms with van der Waals surface area (Å²) in [7, 11) is 0. The highest BCUT2D eigenvalue weighted by atomic mass is 16.5. The number of anilines is 1. The summed E-state index contributed by atoms with van der Waals surface area (Å²) >= 11 is 0. The summed E-state index contributed by atoms with van der Waals surface area (Å²) in [5.41, 5.74) is 1.96. The largest absolute Gasteiger partial charge is 0.508 e. The number of aromatic hydroxyl groups is 1. The van der Waals surface area contributed by atoms with Crippen LogP contribution in [0.4, 0.5) is 5.69 Å². The van der Waals surface area contributed by atoms with Crippen LogP contribution >= 0.6 is 0 Å². The summed E-state index contributed by atoms with van der Waals surface area (Å²) in [5, 5.41) is 16.3. The van der Waals surface area contributed by atoms with E-state index in [1.807, 2.05) is 31.2 Å². The molecule has 4 aromatic rings. The first-order chi connectivity index (χ1) is 15.6. The molecule has 162 valence electrons. The van der Waals surface area contributed by atoms with Crippen molar-refractivity contribution in [2.45, 2.75) is 19.8 Å². The molecule has 4 rings (SSSR count). The molecular weight excluding hydrogens is 410 g/mol. The normalized spacial score (nSPS) is 10.7. The Balaban J connectivity index is 1.30. The molecule has 0 aliphatic rings. The highest BCUT2D eigenvalue weighted by Crippen LogP contribution is 2.21. The smallest absolute Gasteiger partial charge is 0.227 e. The molecule has 2 heterocycles. The fourth-order valence-corrected chi connectivity index (χ4v) is 2.97. The van der Waals surface area contributed by atoms with Gasteiger partial charge in [-0.05, 0) is 43.3 Å². The zero-order valence-electron chi connectivity index (χ0n) is 17.4. The number of benzene rings is 2. The van der Waals surface area contributed by atoms with Crippen molar-refractivity contribution in [3.63, 3.8) is 0 Å². The summed E-state index contributed by atoms with van der Waals surface area (Å²) in [6.45, 7) is 2.52. The Morgan fingerprint density at radius 1 is 1.06 bits per heavy atom. The average Bonchev–Trinajstić information content (AvgIpc) is 3.28. The molecule has 9 nitrogen and oxygen atoms in total. The molecule has 0 unspecified atom stereocenters. The van der Waals surface area contributed by atoms with Crippen molar-refractivity contribution < 1.29 is 19.2 Å². The van der Waals surface area contributed by atoms with E-state index in [0.717, 1.165) is 11.3 Å². The van der Waals surface area contributed by atoms with Gasteiger partial charge in [0.15, 0.2) is 5.82 Å². The maximum absolute atomic E-state index is 12.3. The number of hydrogen-bond donors (Lipinski definition) is 2. The van der Waals surface area contributed by atoms with Gasteiger partial charge in [0.25, 0.3) is 0 Å².